The predicted molar refractivity (Wildman–Crippen MR) is 83.1 cm³/mol. The minimum atomic E-state index is -0.538. The highest BCUT2D eigenvalue weighted by atomic mass is 16.5. The molecule has 3 rings (SSSR count). The number of carbonyl (C=O) groups is 1. The first kappa shape index (κ1) is 15.0. The summed E-state index contributed by atoms with van der Waals surface area (Å²) in [6.07, 6.45) is 0. The Kier molecular flexibility index (Phi) is 4.39. The Labute approximate surface area is 129 Å². The zero-order valence-corrected chi connectivity index (χ0v) is 12.8. The first-order chi connectivity index (χ1) is 10.7. The number of carbonyl (C=O) groups excluding carboxylic acids is 1. The fraction of sp³-hybridized carbons (Fsp3) is 0.643. The van der Waals surface area contributed by atoms with Crippen LogP contribution >= 0.6 is 0 Å². The van der Waals surface area contributed by atoms with E-state index in [4.69, 9.17) is 10.5 Å². The molecule has 0 atom stereocenters. The van der Waals surface area contributed by atoms with Crippen molar-refractivity contribution in [2.45, 2.75) is 13.0 Å². The molecule has 3 N–H and O–H groups in total. The van der Waals surface area contributed by atoms with Crippen molar-refractivity contribution < 1.29 is 9.53 Å². The highest BCUT2D eigenvalue weighted by molar-refractivity contribution is 5.91. The second kappa shape index (κ2) is 6.45. The van der Waals surface area contributed by atoms with E-state index in [1.807, 2.05) is 0 Å². The van der Waals surface area contributed by atoms with Crippen molar-refractivity contribution in [3.63, 3.8) is 0 Å². The third-order valence-electron chi connectivity index (χ3n) is 4.06. The standard InChI is InChI=1S/C14H22N6O2/c1-2-19-3-5-20(6-4-19)14-17-11(13(15)21)7-12(18-14)16-10-8-22-9-10/h7,10H,2-6,8-9H2,1H3,(H2,15,21)(H,16,17,18). The molecule has 2 aliphatic rings. The lowest BCUT2D eigenvalue weighted by Gasteiger charge is -2.34. The molecule has 120 valence electrons. The molecule has 2 aliphatic heterocycles. The lowest BCUT2D eigenvalue weighted by atomic mass is 10.2. The number of rotatable bonds is 5. The van der Waals surface area contributed by atoms with E-state index in [9.17, 15) is 4.79 Å². The summed E-state index contributed by atoms with van der Waals surface area (Å²) in [5.74, 6) is 0.656. The van der Waals surface area contributed by atoms with Gasteiger partial charge in [-0.3, -0.25) is 4.79 Å². The maximum absolute atomic E-state index is 11.5. The summed E-state index contributed by atoms with van der Waals surface area (Å²) in [5.41, 5.74) is 5.63. The van der Waals surface area contributed by atoms with Gasteiger partial charge in [0.15, 0.2) is 0 Å². The zero-order valence-electron chi connectivity index (χ0n) is 12.8. The van der Waals surface area contributed by atoms with Gasteiger partial charge >= 0.3 is 0 Å². The van der Waals surface area contributed by atoms with E-state index in [-0.39, 0.29) is 11.7 Å². The van der Waals surface area contributed by atoms with Gasteiger partial charge in [-0.15, -0.1) is 0 Å². The normalized spacial score (nSPS) is 19.8. The molecule has 1 aromatic rings. The molecule has 22 heavy (non-hydrogen) atoms. The zero-order chi connectivity index (χ0) is 15.5. The molecule has 8 heteroatoms. The van der Waals surface area contributed by atoms with Crippen LogP contribution in [0.15, 0.2) is 6.07 Å². The SMILES string of the molecule is CCN1CCN(c2nc(NC3COC3)cc(C(N)=O)n2)CC1. The van der Waals surface area contributed by atoms with E-state index < -0.39 is 5.91 Å². The van der Waals surface area contributed by atoms with Gasteiger partial charge in [-0.05, 0) is 6.54 Å². The first-order valence-electron chi connectivity index (χ1n) is 7.66. The third kappa shape index (κ3) is 3.28. The van der Waals surface area contributed by atoms with Crippen molar-refractivity contribution in [3.05, 3.63) is 11.8 Å². The van der Waals surface area contributed by atoms with Gasteiger partial charge < -0.3 is 25.6 Å². The van der Waals surface area contributed by atoms with Crippen LogP contribution in [0.1, 0.15) is 17.4 Å². The smallest absolute Gasteiger partial charge is 0.267 e. The van der Waals surface area contributed by atoms with E-state index in [0.29, 0.717) is 25.0 Å². The highest BCUT2D eigenvalue weighted by Gasteiger charge is 2.22. The molecular weight excluding hydrogens is 284 g/mol. The van der Waals surface area contributed by atoms with Gasteiger partial charge in [0.1, 0.15) is 11.5 Å². The van der Waals surface area contributed by atoms with Crippen LogP contribution < -0.4 is 16.0 Å². The van der Waals surface area contributed by atoms with E-state index >= 15 is 0 Å². The molecule has 0 aliphatic carbocycles. The van der Waals surface area contributed by atoms with Crippen LogP contribution in [-0.2, 0) is 4.74 Å². The van der Waals surface area contributed by atoms with E-state index in [1.54, 1.807) is 6.07 Å². The van der Waals surface area contributed by atoms with Gasteiger partial charge in [-0.25, -0.2) is 4.98 Å². The molecule has 8 nitrogen and oxygen atoms in total. The van der Waals surface area contributed by atoms with Crippen molar-refractivity contribution in [2.75, 3.05) is 56.2 Å². The number of hydrogen-bond acceptors (Lipinski definition) is 7. The lowest BCUT2D eigenvalue weighted by molar-refractivity contribution is 0.0209. The summed E-state index contributed by atoms with van der Waals surface area (Å²) in [6.45, 7) is 8.15. The molecule has 0 radical (unpaired) electrons. The number of primary amides is 1. The largest absolute Gasteiger partial charge is 0.377 e. The molecule has 1 amide bonds. The number of nitrogens with zero attached hydrogens (tertiary/aromatic N) is 4. The van der Waals surface area contributed by atoms with Crippen molar-refractivity contribution in [3.8, 4) is 0 Å². The number of hydrogen-bond donors (Lipinski definition) is 2. The van der Waals surface area contributed by atoms with Crippen molar-refractivity contribution >= 4 is 17.7 Å². The van der Waals surface area contributed by atoms with E-state index in [2.05, 4.69) is 32.0 Å². The summed E-state index contributed by atoms with van der Waals surface area (Å²) in [5, 5.41) is 3.25. The molecule has 0 aromatic carbocycles. The molecule has 2 saturated heterocycles. The molecule has 0 bridgehead atoms. The Balaban J connectivity index is 1.78. The van der Waals surface area contributed by atoms with Gasteiger partial charge in [0.25, 0.3) is 5.91 Å². The van der Waals surface area contributed by atoms with Gasteiger partial charge in [0, 0.05) is 32.2 Å². The van der Waals surface area contributed by atoms with Crippen LogP contribution in [0.5, 0.6) is 0 Å². The van der Waals surface area contributed by atoms with Gasteiger partial charge in [-0.2, -0.15) is 4.98 Å². The van der Waals surface area contributed by atoms with Crippen LogP contribution in [0, 0.1) is 0 Å². The van der Waals surface area contributed by atoms with Crippen molar-refractivity contribution in [1.82, 2.24) is 14.9 Å². The van der Waals surface area contributed by atoms with Crippen molar-refractivity contribution in [2.24, 2.45) is 5.73 Å². The second-order valence-electron chi connectivity index (χ2n) is 5.60. The molecule has 1 aromatic heterocycles. The molecule has 0 spiro atoms. The molecule has 0 unspecified atom stereocenters. The quantitative estimate of drug-likeness (QED) is 0.759. The number of piperazine rings is 1. The Bertz CT molecular complexity index is 540. The molecular formula is C14H22N6O2. The first-order valence-corrected chi connectivity index (χ1v) is 7.66. The fourth-order valence-corrected chi connectivity index (χ4v) is 2.57. The summed E-state index contributed by atoms with van der Waals surface area (Å²) < 4.78 is 5.14. The van der Waals surface area contributed by atoms with Crippen LogP contribution in [0.4, 0.5) is 11.8 Å². The number of nitrogens with one attached hydrogen (secondary N) is 1. The van der Waals surface area contributed by atoms with Crippen molar-refractivity contribution in [1.29, 1.82) is 0 Å². The van der Waals surface area contributed by atoms with Crippen LogP contribution in [0.3, 0.4) is 0 Å². The molecule has 0 saturated carbocycles. The number of anilines is 2. The number of ether oxygens (including phenoxy) is 1. The number of likely N-dealkylation sites (N-methyl/N-ethyl adjacent to an activating group) is 1. The maximum atomic E-state index is 11.5. The summed E-state index contributed by atoms with van der Waals surface area (Å²) >= 11 is 0. The summed E-state index contributed by atoms with van der Waals surface area (Å²) in [4.78, 5) is 24.8. The van der Waals surface area contributed by atoms with Gasteiger partial charge in [0.05, 0.1) is 19.3 Å². The minimum absolute atomic E-state index is 0.236. The predicted octanol–water partition coefficient (Wildman–Crippen LogP) is -0.472. The van der Waals surface area contributed by atoms with Gasteiger partial charge in [-0.1, -0.05) is 6.92 Å². The number of nitrogens with two attached hydrogens (primary N) is 1. The second-order valence-corrected chi connectivity index (χ2v) is 5.60. The monoisotopic (exact) mass is 306 g/mol. The molecule has 3 heterocycles. The lowest BCUT2D eigenvalue weighted by Crippen LogP contribution is -2.47. The van der Waals surface area contributed by atoms with E-state index in [1.165, 1.54) is 0 Å². The summed E-state index contributed by atoms with van der Waals surface area (Å²) in [6, 6.07) is 1.84. The maximum Gasteiger partial charge on any atom is 0.267 e. The van der Waals surface area contributed by atoms with Crippen LogP contribution in [0.2, 0.25) is 0 Å². The highest BCUT2D eigenvalue weighted by Crippen LogP contribution is 2.18. The summed E-state index contributed by atoms with van der Waals surface area (Å²) in [7, 11) is 0. The molecule has 2 fully saturated rings. The Morgan fingerprint density at radius 2 is 2.09 bits per heavy atom. The van der Waals surface area contributed by atoms with Crippen LogP contribution in [-0.4, -0.2) is 72.8 Å². The topological polar surface area (TPSA) is 96.6 Å². The Morgan fingerprint density at radius 1 is 1.36 bits per heavy atom. The third-order valence-corrected chi connectivity index (χ3v) is 4.06. The minimum Gasteiger partial charge on any atom is -0.377 e. The number of amides is 1. The Morgan fingerprint density at radius 3 is 2.64 bits per heavy atom. The average molecular weight is 306 g/mol. The van der Waals surface area contributed by atoms with Crippen LogP contribution in [0.25, 0.3) is 0 Å². The van der Waals surface area contributed by atoms with E-state index in [0.717, 1.165) is 32.7 Å². The van der Waals surface area contributed by atoms with Gasteiger partial charge in [0.2, 0.25) is 5.95 Å². The Hall–Kier alpha value is -1.93. The average Bonchev–Trinajstić information content (AvgIpc) is 2.51. The number of aromatic nitrogens is 2. The fourth-order valence-electron chi connectivity index (χ4n) is 2.57.